The summed E-state index contributed by atoms with van der Waals surface area (Å²) in [4.78, 5) is 38.3. The molecule has 0 unspecified atom stereocenters. The third-order valence-electron chi connectivity index (χ3n) is 4.51. The van der Waals surface area contributed by atoms with Crippen molar-refractivity contribution in [3.05, 3.63) is 60.2 Å². The van der Waals surface area contributed by atoms with Gasteiger partial charge in [0.15, 0.2) is 0 Å². The van der Waals surface area contributed by atoms with Crippen molar-refractivity contribution in [1.82, 2.24) is 9.80 Å². The van der Waals surface area contributed by atoms with Crippen molar-refractivity contribution in [1.29, 1.82) is 0 Å². The lowest BCUT2D eigenvalue weighted by molar-refractivity contribution is -0.137. The zero-order valence-electron chi connectivity index (χ0n) is 15.5. The maximum absolute atomic E-state index is 12.2. The van der Waals surface area contributed by atoms with Crippen molar-refractivity contribution in [3.8, 4) is 5.75 Å². The van der Waals surface area contributed by atoms with Crippen LogP contribution < -0.4 is 10.1 Å². The molecule has 1 saturated heterocycles. The van der Waals surface area contributed by atoms with Crippen molar-refractivity contribution < 1.29 is 19.1 Å². The maximum atomic E-state index is 12.2. The molecule has 146 valence electrons. The number of nitrogens with one attached hydrogen (secondary N) is 1. The third-order valence-corrected chi connectivity index (χ3v) is 4.51. The monoisotopic (exact) mass is 381 g/mol. The van der Waals surface area contributed by atoms with Crippen LogP contribution in [0.3, 0.4) is 0 Å². The Morgan fingerprint density at radius 2 is 1.64 bits per heavy atom. The van der Waals surface area contributed by atoms with Gasteiger partial charge in [0.25, 0.3) is 0 Å². The molecule has 2 aromatic carbocycles. The number of ether oxygens (including phenoxy) is 1. The molecule has 0 aliphatic carbocycles. The van der Waals surface area contributed by atoms with Crippen molar-refractivity contribution in [2.75, 3.05) is 31.5 Å². The molecule has 1 fully saturated rings. The van der Waals surface area contributed by atoms with Crippen LogP contribution in [-0.4, -0.2) is 54.2 Å². The number of hydrogen-bond acceptors (Lipinski definition) is 4. The number of benzene rings is 2. The molecule has 2 aromatic rings. The van der Waals surface area contributed by atoms with Gasteiger partial charge in [-0.15, -0.1) is 0 Å². The zero-order valence-corrected chi connectivity index (χ0v) is 15.5. The standard InChI is InChI=1S/C21H23N3O4/c25-16-23-10-12-24(13-11-23)21(27)14-20(26)22-18-6-8-19(9-7-18)28-15-17-4-2-1-3-5-17/h1-9,16H,10-15H2,(H,22,26). The van der Waals surface area contributed by atoms with Gasteiger partial charge in [-0.05, 0) is 29.8 Å². The first kappa shape index (κ1) is 19.4. The average Bonchev–Trinajstić information content (AvgIpc) is 2.74. The van der Waals surface area contributed by atoms with Gasteiger partial charge in [0, 0.05) is 31.9 Å². The Morgan fingerprint density at radius 1 is 0.964 bits per heavy atom. The highest BCUT2D eigenvalue weighted by molar-refractivity contribution is 6.03. The fraction of sp³-hybridized carbons (Fsp3) is 0.286. The number of piperazine rings is 1. The van der Waals surface area contributed by atoms with Crippen molar-refractivity contribution in [2.45, 2.75) is 13.0 Å². The number of rotatable bonds is 7. The summed E-state index contributed by atoms with van der Waals surface area (Å²) in [5.74, 6) is 0.109. The van der Waals surface area contributed by atoms with Crippen LogP contribution in [0, 0.1) is 0 Å². The van der Waals surface area contributed by atoms with E-state index in [-0.39, 0.29) is 18.2 Å². The number of carbonyl (C=O) groups excluding carboxylic acids is 3. The summed E-state index contributed by atoms with van der Waals surface area (Å²) in [7, 11) is 0. The molecule has 0 saturated carbocycles. The van der Waals surface area contributed by atoms with Crippen LogP contribution in [0.15, 0.2) is 54.6 Å². The minimum Gasteiger partial charge on any atom is -0.489 e. The van der Waals surface area contributed by atoms with Crippen molar-refractivity contribution in [2.24, 2.45) is 0 Å². The van der Waals surface area contributed by atoms with E-state index >= 15 is 0 Å². The molecule has 0 radical (unpaired) electrons. The predicted molar refractivity (Wildman–Crippen MR) is 105 cm³/mol. The smallest absolute Gasteiger partial charge is 0.233 e. The molecule has 0 spiro atoms. The number of hydrogen-bond donors (Lipinski definition) is 1. The van der Waals surface area contributed by atoms with Gasteiger partial charge in [-0.1, -0.05) is 30.3 Å². The minimum absolute atomic E-state index is 0.215. The second-order valence-corrected chi connectivity index (χ2v) is 6.55. The Balaban J connectivity index is 1.44. The van der Waals surface area contributed by atoms with Gasteiger partial charge in [0.1, 0.15) is 18.8 Å². The van der Waals surface area contributed by atoms with E-state index in [1.807, 2.05) is 30.3 Å². The Morgan fingerprint density at radius 3 is 2.29 bits per heavy atom. The summed E-state index contributed by atoms with van der Waals surface area (Å²) in [6, 6.07) is 16.9. The van der Waals surface area contributed by atoms with E-state index in [1.165, 1.54) is 0 Å². The Kier molecular flexibility index (Phi) is 6.62. The first-order valence-corrected chi connectivity index (χ1v) is 9.18. The molecular formula is C21H23N3O4. The molecule has 1 aliphatic heterocycles. The molecule has 0 atom stereocenters. The summed E-state index contributed by atoms with van der Waals surface area (Å²) in [5, 5.41) is 2.72. The summed E-state index contributed by atoms with van der Waals surface area (Å²) in [6.07, 6.45) is 0.565. The van der Waals surface area contributed by atoms with Crippen LogP contribution in [0.5, 0.6) is 5.75 Å². The molecule has 1 N–H and O–H groups in total. The maximum Gasteiger partial charge on any atom is 0.233 e. The van der Waals surface area contributed by atoms with Gasteiger partial charge in [-0.25, -0.2) is 0 Å². The summed E-state index contributed by atoms with van der Waals surface area (Å²) >= 11 is 0. The molecule has 7 heteroatoms. The summed E-state index contributed by atoms with van der Waals surface area (Å²) in [6.45, 7) is 2.39. The number of amides is 3. The van der Waals surface area contributed by atoms with E-state index in [0.717, 1.165) is 12.0 Å². The van der Waals surface area contributed by atoms with E-state index in [4.69, 9.17) is 4.74 Å². The normalized spacial score (nSPS) is 13.7. The lowest BCUT2D eigenvalue weighted by Gasteiger charge is -2.32. The molecule has 1 aliphatic rings. The second kappa shape index (κ2) is 9.55. The highest BCUT2D eigenvalue weighted by Gasteiger charge is 2.22. The third kappa shape index (κ3) is 5.57. The van der Waals surface area contributed by atoms with E-state index in [0.29, 0.717) is 44.2 Å². The second-order valence-electron chi connectivity index (χ2n) is 6.55. The van der Waals surface area contributed by atoms with Gasteiger partial charge in [0.2, 0.25) is 18.2 Å². The van der Waals surface area contributed by atoms with Gasteiger partial charge in [-0.2, -0.15) is 0 Å². The molecule has 28 heavy (non-hydrogen) atoms. The average molecular weight is 381 g/mol. The van der Waals surface area contributed by atoms with Crippen LogP contribution in [-0.2, 0) is 21.0 Å². The van der Waals surface area contributed by atoms with Gasteiger partial charge >= 0.3 is 0 Å². The zero-order chi connectivity index (χ0) is 19.8. The van der Waals surface area contributed by atoms with E-state index in [1.54, 1.807) is 34.1 Å². The van der Waals surface area contributed by atoms with Crippen LogP contribution >= 0.6 is 0 Å². The molecule has 0 bridgehead atoms. The van der Waals surface area contributed by atoms with Gasteiger partial charge < -0.3 is 19.9 Å². The minimum atomic E-state index is -0.360. The molecule has 7 nitrogen and oxygen atoms in total. The summed E-state index contributed by atoms with van der Waals surface area (Å²) in [5.41, 5.74) is 1.68. The topological polar surface area (TPSA) is 79.0 Å². The lowest BCUT2D eigenvalue weighted by atomic mass is 10.2. The Labute approximate surface area is 163 Å². The van der Waals surface area contributed by atoms with Crippen LogP contribution in [0.25, 0.3) is 0 Å². The molecule has 1 heterocycles. The molecule has 0 aromatic heterocycles. The molecule has 3 amide bonds. The SMILES string of the molecule is O=CN1CCN(C(=O)CC(=O)Nc2ccc(OCc3ccccc3)cc2)CC1. The van der Waals surface area contributed by atoms with Crippen LogP contribution in [0.1, 0.15) is 12.0 Å². The van der Waals surface area contributed by atoms with E-state index < -0.39 is 0 Å². The fourth-order valence-corrected chi connectivity index (χ4v) is 2.91. The number of nitrogens with zero attached hydrogens (tertiary/aromatic N) is 2. The largest absolute Gasteiger partial charge is 0.489 e. The fourth-order valence-electron chi connectivity index (χ4n) is 2.91. The quantitative estimate of drug-likeness (QED) is 0.587. The lowest BCUT2D eigenvalue weighted by Crippen LogP contribution is -2.48. The van der Waals surface area contributed by atoms with Gasteiger partial charge in [0.05, 0.1) is 0 Å². The van der Waals surface area contributed by atoms with Crippen molar-refractivity contribution in [3.63, 3.8) is 0 Å². The highest BCUT2D eigenvalue weighted by Crippen LogP contribution is 2.17. The number of carbonyl (C=O) groups is 3. The first-order valence-electron chi connectivity index (χ1n) is 9.18. The summed E-state index contributed by atoms with van der Waals surface area (Å²) < 4.78 is 5.71. The Hall–Kier alpha value is -3.35. The predicted octanol–water partition coefficient (Wildman–Crippen LogP) is 1.89. The first-order chi connectivity index (χ1) is 13.6. The molecule has 3 rings (SSSR count). The molecular weight excluding hydrogens is 358 g/mol. The van der Waals surface area contributed by atoms with Crippen molar-refractivity contribution >= 4 is 23.9 Å². The number of anilines is 1. The Bertz CT molecular complexity index is 800. The van der Waals surface area contributed by atoms with Crippen LogP contribution in [0.2, 0.25) is 0 Å². The van der Waals surface area contributed by atoms with E-state index in [9.17, 15) is 14.4 Å². The van der Waals surface area contributed by atoms with Gasteiger partial charge in [-0.3, -0.25) is 14.4 Å². The van der Waals surface area contributed by atoms with Crippen LogP contribution in [0.4, 0.5) is 5.69 Å². The highest BCUT2D eigenvalue weighted by atomic mass is 16.5. The van der Waals surface area contributed by atoms with E-state index in [2.05, 4.69) is 5.32 Å².